The topological polar surface area (TPSA) is 74.2 Å². The Morgan fingerprint density at radius 1 is 1.21 bits per heavy atom. The number of hydrogen-bond acceptors (Lipinski definition) is 6. The van der Waals surface area contributed by atoms with Crippen molar-refractivity contribution < 1.29 is 28.2 Å². The number of ether oxygens (including phenoxy) is 3. The fourth-order valence-electron chi connectivity index (χ4n) is 2.55. The van der Waals surface area contributed by atoms with Gasteiger partial charge in [0.15, 0.2) is 17.2 Å². The molecule has 0 aromatic heterocycles. The van der Waals surface area contributed by atoms with Gasteiger partial charge in [0.25, 0.3) is 0 Å². The van der Waals surface area contributed by atoms with E-state index in [9.17, 15) is 14.0 Å². The Hall–Kier alpha value is -3.48. The SMILES string of the molecule is CCCC(=O)Oc1ccc(/C=C2\N=C(c3cccc(F)c3)OC2=O)cc1OC. The molecule has 0 bridgehead atoms. The number of carbonyl (C=O) groups excluding carboxylic acids is 2. The molecule has 2 aromatic carbocycles. The summed E-state index contributed by atoms with van der Waals surface area (Å²) in [6, 6.07) is 10.5. The van der Waals surface area contributed by atoms with E-state index in [4.69, 9.17) is 14.2 Å². The highest BCUT2D eigenvalue weighted by Gasteiger charge is 2.24. The van der Waals surface area contributed by atoms with E-state index in [0.717, 1.165) is 0 Å². The lowest BCUT2D eigenvalue weighted by Gasteiger charge is -2.09. The first-order valence-corrected chi connectivity index (χ1v) is 8.67. The second kappa shape index (κ2) is 8.47. The number of hydrogen-bond donors (Lipinski definition) is 0. The summed E-state index contributed by atoms with van der Waals surface area (Å²) in [5, 5.41) is 0. The highest BCUT2D eigenvalue weighted by Crippen LogP contribution is 2.30. The number of carbonyl (C=O) groups is 2. The molecule has 7 heteroatoms. The molecule has 0 unspecified atom stereocenters. The maximum Gasteiger partial charge on any atom is 0.363 e. The van der Waals surface area contributed by atoms with Gasteiger partial charge < -0.3 is 14.2 Å². The molecule has 1 heterocycles. The van der Waals surface area contributed by atoms with Crippen LogP contribution in [0.3, 0.4) is 0 Å². The van der Waals surface area contributed by atoms with Crippen LogP contribution in [-0.4, -0.2) is 24.9 Å². The fourth-order valence-corrected chi connectivity index (χ4v) is 2.55. The van der Waals surface area contributed by atoms with Crippen LogP contribution in [0.1, 0.15) is 30.9 Å². The number of nitrogens with zero attached hydrogens (tertiary/aromatic N) is 1. The number of benzene rings is 2. The number of rotatable bonds is 6. The summed E-state index contributed by atoms with van der Waals surface area (Å²) in [6.07, 6.45) is 2.49. The van der Waals surface area contributed by atoms with Crippen molar-refractivity contribution in [3.63, 3.8) is 0 Å². The Labute approximate surface area is 161 Å². The van der Waals surface area contributed by atoms with E-state index in [1.54, 1.807) is 24.3 Å². The third-order valence-electron chi connectivity index (χ3n) is 3.86. The smallest absolute Gasteiger partial charge is 0.363 e. The average Bonchev–Trinajstić information content (AvgIpc) is 3.03. The fraction of sp³-hybridized carbons (Fsp3) is 0.190. The predicted molar refractivity (Wildman–Crippen MR) is 101 cm³/mol. The summed E-state index contributed by atoms with van der Waals surface area (Å²) in [6.45, 7) is 1.88. The van der Waals surface area contributed by atoms with Crippen LogP contribution in [-0.2, 0) is 14.3 Å². The molecule has 0 radical (unpaired) electrons. The van der Waals surface area contributed by atoms with E-state index < -0.39 is 11.8 Å². The lowest BCUT2D eigenvalue weighted by molar-refractivity contribution is -0.134. The molecular formula is C21H18FNO5. The summed E-state index contributed by atoms with van der Waals surface area (Å²) in [4.78, 5) is 27.9. The van der Waals surface area contributed by atoms with Crippen molar-refractivity contribution in [3.05, 3.63) is 65.1 Å². The van der Waals surface area contributed by atoms with Crippen molar-refractivity contribution in [2.24, 2.45) is 4.99 Å². The van der Waals surface area contributed by atoms with Crippen LogP contribution in [0.15, 0.2) is 53.2 Å². The number of halogens is 1. The minimum Gasteiger partial charge on any atom is -0.493 e. The highest BCUT2D eigenvalue weighted by atomic mass is 19.1. The van der Waals surface area contributed by atoms with Crippen LogP contribution >= 0.6 is 0 Å². The van der Waals surface area contributed by atoms with Gasteiger partial charge in [-0.3, -0.25) is 4.79 Å². The Bertz CT molecular complexity index is 981. The first kappa shape index (κ1) is 19.3. The standard InChI is InChI=1S/C21H18FNO5/c1-3-5-19(24)27-17-9-8-13(11-18(17)26-2)10-16-21(25)28-20(23-16)14-6-4-7-15(22)12-14/h4,6-12H,3,5H2,1-2H3/b16-10-. The third kappa shape index (κ3) is 4.43. The second-order valence-corrected chi connectivity index (χ2v) is 5.98. The Balaban J connectivity index is 1.86. The minimum absolute atomic E-state index is 0.0350. The van der Waals surface area contributed by atoms with Gasteiger partial charge >= 0.3 is 11.9 Å². The Morgan fingerprint density at radius 2 is 2.04 bits per heavy atom. The lowest BCUT2D eigenvalue weighted by atomic mass is 10.1. The maximum absolute atomic E-state index is 13.4. The molecule has 1 aliphatic heterocycles. The number of esters is 2. The number of aliphatic imine (C=N–C) groups is 1. The summed E-state index contributed by atoms with van der Waals surface area (Å²) in [5.74, 6) is -0.771. The van der Waals surface area contributed by atoms with Gasteiger partial charge in [0.2, 0.25) is 5.90 Å². The Kier molecular flexibility index (Phi) is 5.84. The van der Waals surface area contributed by atoms with Crippen LogP contribution in [0.4, 0.5) is 4.39 Å². The summed E-state index contributed by atoms with van der Waals surface area (Å²) >= 11 is 0. The maximum atomic E-state index is 13.4. The van der Waals surface area contributed by atoms with Gasteiger partial charge in [-0.15, -0.1) is 0 Å². The molecule has 6 nitrogen and oxygen atoms in total. The van der Waals surface area contributed by atoms with E-state index in [1.807, 2.05) is 6.92 Å². The van der Waals surface area contributed by atoms with Crippen LogP contribution in [0, 0.1) is 5.82 Å². The first-order chi connectivity index (χ1) is 13.5. The van der Waals surface area contributed by atoms with Crippen molar-refractivity contribution in [3.8, 4) is 11.5 Å². The lowest BCUT2D eigenvalue weighted by Crippen LogP contribution is -2.07. The van der Waals surface area contributed by atoms with Gasteiger partial charge in [0.1, 0.15) is 5.82 Å². The summed E-state index contributed by atoms with van der Waals surface area (Å²) in [7, 11) is 1.45. The van der Waals surface area contributed by atoms with Gasteiger partial charge in [0.05, 0.1) is 7.11 Å². The zero-order chi connectivity index (χ0) is 20.1. The second-order valence-electron chi connectivity index (χ2n) is 5.98. The van der Waals surface area contributed by atoms with E-state index in [0.29, 0.717) is 35.5 Å². The van der Waals surface area contributed by atoms with E-state index in [-0.39, 0.29) is 17.6 Å². The highest BCUT2D eigenvalue weighted by molar-refractivity contribution is 6.12. The molecule has 144 valence electrons. The summed E-state index contributed by atoms with van der Waals surface area (Å²) < 4.78 is 29.0. The van der Waals surface area contributed by atoms with Crippen molar-refractivity contribution in [1.29, 1.82) is 0 Å². The van der Waals surface area contributed by atoms with E-state index in [1.165, 1.54) is 31.4 Å². The van der Waals surface area contributed by atoms with Crippen LogP contribution < -0.4 is 9.47 Å². The monoisotopic (exact) mass is 383 g/mol. The zero-order valence-corrected chi connectivity index (χ0v) is 15.4. The van der Waals surface area contributed by atoms with Crippen molar-refractivity contribution >= 4 is 23.9 Å². The average molecular weight is 383 g/mol. The van der Waals surface area contributed by atoms with Gasteiger partial charge in [-0.25, -0.2) is 14.2 Å². The largest absolute Gasteiger partial charge is 0.493 e. The molecule has 0 saturated heterocycles. The van der Waals surface area contributed by atoms with E-state index >= 15 is 0 Å². The molecule has 0 N–H and O–H groups in total. The number of methoxy groups -OCH3 is 1. The molecule has 0 saturated carbocycles. The van der Waals surface area contributed by atoms with Gasteiger partial charge in [0, 0.05) is 12.0 Å². The molecule has 0 atom stereocenters. The Morgan fingerprint density at radius 3 is 2.75 bits per heavy atom. The summed E-state index contributed by atoms with van der Waals surface area (Å²) in [5.41, 5.74) is 1.04. The van der Waals surface area contributed by atoms with Crippen LogP contribution in [0.2, 0.25) is 0 Å². The molecule has 1 aliphatic rings. The molecule has 2 aromatic rings. The van der Waals surface area contributed by atoms with Gasteiger partial charge in [-0.05, 0) is 48.4 Å². The van der Waals surface area contributed by atoms with E-state index in [2.05, 4.69) is 4.99 Å². The normalized spacial score (nSPS) is 14.6. The van der Waals surface area contributed by atoms with Crippen molar-refractivity contribution in [2.75, 3.05) is 7.11 Å². The van der Waals surface area contributed by atoms with Gasteiger partial charge in [-0.1, -0.05) is 19.1 Å². The molecule has 28 heavy (non-hydrogen) atoms. The predicted octanol–water partition coefficient (Wildman–Crippen LogP) is 3.88. The van der Waals surface area contributed by atoms with Crippen LogP contribution in [0.5, 0.6) is 11.5 Å². The number of cyclic esters (lactones) is 1. The molecule has 0 aliphatic carbocycles. The van der Waals surface area contributed by atoms with Crippen molar-refractivity contribution in [2.45, 2.75) is 19.8 Å². The van der Waals surface area contributed by atoms with Crippen molar-refractivity contribution in [1.82, 2.24) is 0 Å². The molecule has 3 rings (SSSR count). The third-order valence-corrected chi connectivity index (χ3v) is 3.86. The molecular weight excluding hydrogens is 365 g/mol. The molecule has 0 amide bonds. The first-order valence-electron chi connectivity index (χ1n) is 8.67. The quantitative estimate of drug-likeness (QED) is 0.430. The molecule has 0 fully saturated rings. The molecule has 0 spiro atoms. The zero-order valence-electron chi connectivity index (χ0n) is 15.4. The van der Waals surface area contributed by atoms with Gasteiger partial charge in [-0.2, -0.15) is 0 Å². The minimum atomic E-state index is -0.642. The van der Waals surface area contributed by atoms with Crippen LogP contribution in [0.25, 0.3) is 6.08 Å².